The summed E-state index contributed by atoms with van der Waals surface area (Å²) in [7, 11) is -4.64. The number of ether oxygens (including phenoxy) is 4. The minimum atomic E-state index is -4.64. The van der Waals surface area contributed by atoms with Crippen LogP contribution in [0, 0.1) is 17.2 Å². The summed E-state index contributed by atoms with van der Waals surface area (Å²) in [5, 5.41) is 4.07. The average molecular weight is 894 g/mol. The number of nitrogens with one attached hydrogen (secondary N) is 3. The molecule has 0 radical (unpaired) electrons. The zero-order valence-corrected chi connectivity index (χ0v) is 37.1. The fraction of sp³-hybridized carbons (Fsp3) is 0.458. The van der Waals surface area contributed by atoms with Crippen molar-refractivity contribution in [1.82, 2.24) is 19.6 Å². The third-order valence-electron chi connectivity index (χ3n) is 14.2. The van der Waals surface area contributed by atoms with Gasteiger partial charge in [-0.3, -0.25) is 9.69 Å². The Labute approximate surface area is 373 Å². The molecule has 1 aliphatic carbocycles. The molecule has 1 spiro atoms. The second kappa shape index (κ2) is 17.1. The van der Waals surface area contributed by atoms with E-state index in [0.29, 0.717) is 68.1 Å². The van der Waals surface area contributed by atoms with Gasteiger partial charge in [0.25, 0.3) is 15.9 Å². The van der Waals surface area contributed by atoms with Crippen LogP contribution in [0.5, 0.6) is 23.0 Å². The van der Waals surface area contributed by atoms with E-state index in [1.54, 1.807) is 12.3 Å². The molecule has 1 atom stereocenters. The van der Waals surface area contributed by atoms with Gasteiger partial charge in [-0.15, -0.1) is 0 Å². The molecule has 1 amide bonds. The van der Waals surface area contributed by atoms with Crippen molar-refractivity contribution in [1.29, 1.82) is 0 Å². The van der Waals surface area contributed by atoms with Crippen LogP contribution in [0.1, 0.15) is 98.7 Å². The summed E-state index contributed by atoms with van der Waals surface area (Å²) in [5.74, 6) is -0.625. The van der Waals surface area contributed by atoms with Gasteiger partial charge in [0.2, 0.25) is 6.79 Å². The van der Waals surface area contributed by atoms with E-state index in [2.05, 4.69) is 63.0 Å². The molecule has 64 heavy (non-hydrogen) atoms. The number of pyridine rings is 1. The highest BCUT2D eigenvalue weighted by molar-refractivity contribution is 7.90. The van der Waals surface area contributed by atoms with Crippen LogP contribution >= 0.6 is 0 Å². The van der Waals surface area contributed by atoms with Gasteiger partial charge in [0.15, 0.2) is 11.5 Å². The van der Waals surface area contributed by atoms with Crippen molar-refractivity contribution >= 4 is 44.0 Å². The Morgan fingerprint density at radius 2 is 1.81 bits per heavy atom. The number of piperidine rings is 1. The molecule has 10 rings (SSSR count). The average Bonchev–Trinajstić information content (AvgIpc) is 4.08. The van der Waals surface area contributed by atoms with Crippen molar-refractivity contribution in [3.05, 3.63) is 89.5 Å². The molecule has 14 nitrogen and oxygen atoms in total. The molecule has 0 unspecified atom stereocenters. The molecule has 16 heteroatoms. The minimum Gasteiger partial charge on any atom is -0.455 e. The number of aromatic nitrogens is 2. The number of rotatable bonds is 12. The Hall–Kier alpha value is -5.58. The first-order chi connectivity index (χ1) is 30.9. The molecule has 0 bridgehead atoms. The zero-order chi connectivity index (χ0) is 44.2. The van der Waals surface area contributed by atoms with E-state index in [9.17, 15) is 13.2 Å². The molecule has 5 N–H and O–H groups in total. The summed E-state index contributed by atoms with van der Waals surface area (Å²) in [6, 6.07) is 17.2. The van der Waals surface area contributed by atoms with Crippen molar-refractivity contribution in [2.75, 3.05) is 62.1 Å². The van der Waals surface area contributed by atoms with Crippen molar-refractivity contribution in [2.45, 2.75) is 88.1 Å². The lowest BCUT2D eigenvalue weighted by Crippen LogP contribution is -2.55. The number of sulfonamides is 1. The highest BCUT2D eigenvalue weighted by atomic mass is 32.2. The van der Waals surface area contributed by atoms with Crippen LogP contribution < -0.4 is 34.9 Å². The van der Waals surface area contributed by atoms with Gasteiger partial charge in [-0.1, -0.05) is 38.1 Å². The minimum absolute atomic E-state index is 0.0245. The Morgan fingerprint density at radius 3 is 2.61 bits per heavy atom. The maximum atomic E-state index is 16.5. The molecule has 3 aromatic carbocycles. The van der Waals surface area contributed by atoms with Gasteiger partial charge in [0.05, 0.1) is 23.1 Å². The van der Waals surface area contributed by atoms with Crippen LogP contribution in [0.2, 0.25) is 0 Å². The van der Waals surface area contributed by atoms with Crippen molar-refractivity contribution < 1.29 is 36.6 Å². The quantitative estimate of drug-likeness (QED) is 0.0882. The van der Waals surface area contributed by atoms with E-state index in [1.165, 1.54) is 42.3 Å². The molecule has 2 aromatic heterocycles. The fourth-order valence-corrected chi connectivity index (χ4v) is 11.9. The maximum absolute atomic E-state index is 16.5. The molecule has 1 saturated carbocycles. The largest absolute Gasteiger partial charge is 0.455 e. The van der Waals surface area contributed by atoms with E-state index >= 15 is 4.39 Å². The van der Waals surface area contributed by atoms with Crippen LogP contribution in [0.15, 0.2) is 71.9 Å². The predicted molar refractivity (Wildman–Crippen MR) is 242 cm³/mol. The van der Waals surface area contributed by atoms with Crippen molar-refractivity contribution in [3.8, 4) is 23.0 Å². The SMILES string of the molecule is CC(C)c1ccccc1[C@@H]1CCCN1C1CC2(CCN(c3cc(Oc4cnc5[nH]ccc5c4)c(C(=O)NS(=O)(=O)c4cc(N)c(NCC5CCOCC5)c5c4OCO5)cc3F)CC2)C1. The van der Waals surface area contributed by atoms with Gasteiger partial charge in [-0.05, 0) is 111 Å². The number of halogens is 1. The van der Waals surface area contributed by atoms with E-state index in [0.717, 1.165) is 56.5 Å². The summed E-state index contributed by atoms with van der Waals surface area (Å²) in [4.78, 5) is 25.9. The second-order valence-corrected chi connectivity index (χ2v) is 20.1. The van der Waals surface area contributed by atoms with Crippen molar-refractivity contribution in [3.63, 3.8) is 0 Å². The number of anilines is 3. The summed E-state index contributed by atoms with van der Waals surface area (Å²) < 4.78 is 69.8. The number of carbonyl (C=O) groups is 1. The Bertz CT molecular complexity index is 2670. The number of nitrogens with zero attached hydrogens (tertiary/aromatic N) is 3. The first kappa shape index (κ1) is 42.4. The number of fused-ring (bicyclic) bond motifs is 2. The van der Waals surface area contributed by atoms with Crippen LogP contribution in [0.25, 0.3) is 11.0 Å². The van der Waals surface area contributed by atoms with E-state index in [1.807, 2.05) is 11.0 Å². The number of nitrogens with two attached hydrogens (primary N) is 1. The molecule has 6 heterocycles. The first-order valence-corrected chi connectivity index (χ1v) is 24.1. The number of benzene rings is 3. The Balaban J connectivity index is 0.874. The first-order valence-electron chi connectivity index (χ1n) is 22.6. The Kier molecular flexibility index (Phi) is 11.3. The highest BCUT2D eigenvalue weighted by Gasteiger charge is 2.50. The third-order valence-corrected chi connectivity index (χ3v) is 15.5. The van der Waals surface area contributed by atoms with Gasteiger partial charge in [-0.2, -0.15) is 0 Å². The van der Waals surface area contributed by atoms with Crippen LogP contribution in [-0.4, -0.2) is 81.4 Å². The smallest absolute Gasteiger partial charge is 0.268 e. The van der Waals surface area contributed by atoms with Gasteiger partial charge in [0.1, 0.15) is 33.5 Å². The fourth-order valence-electron chi connectivity index (χ4n) is 10.7. The van der Waals surface area contributed by atoms with Gasteiger partial charge in [-0.25, -0.2) is 22.5 Å². The summed E-state index contributed by atoms with van der Waals surface area (Å²) in [5.41, 5.74) is 10.6. The normalized spacial score (nSPS) is 20.2. The number of hydrogen-bond donors (Lipinski definition) is 4. The molecule has 5 aromatic rings. The number of aromatic amines is 1. The van der Waals surface area contributed by atoms with E-state index in [-0.39, 0.29) is 57.0 Å². The Morgan fingerprint density at radius 1 is 1.03 bits per heavy atom. The predicted octanol–water partition coefficient (Wildman–Crippen LogP) is 8.47. The van der Waals surface area contributed by atoms with Crippen LogP contribution in [0.4, 0.5) is 21.5 Å². The lowest BCUT2D eigenvalue weighted by molar-refractivity contribution is -0.0228. The van der Waals surface area contributed by atoms with E-state index in [4.69, 9.17) is 24.7 Å². The summed E-state index contributed by atoms with van der Waals surface area (Å²) >= 11 is 0. The number of carbonyl (C=O) groups excluding carboxylic acids is 1. The molecule has 5 aliphatic rings. The zero-order valence-electron chi connectivity index (χ0n) is 36.3. The molecule has 338 valence electrons. The molecule has 4 aliphatic heterocycles. The standard InChI is InChI=1S/C48H56FN7O7S/c1-29(2)34-6-3-4-7-35(34)39-8-5-15-56(39)32-24-48(25-32)12-16-55(17-13-48)40-23-41(63-33-20-31-9-14-51-46(31)53-27-33)36(21-37(40)49)47(57)54-64(58,59)42-22-38(50)43(45-44(42)61-28-62-45)52-26-30-10-18-60-19-11-30/h3-4,6-7,9,14,20-23,27,29-30,32,39,52H,5,8,10-13,15-19,24-26,28,50H2,1-2H3,(H,51,53)(H,54,57)/t39-/m0/s1. The number of likely N-dealkylation sites (tertiary alicyclic amines) is 1. The molecular weight excluding hydrogens is 838 g/mol. The lowest BCUT2D eigenvalue weighted by atomic mass is 9.59. The molecule has 3 saturated heterocycles. The van der Waals surface area contributed by atoms with Crippen molar-refractivity contribution in [2.24, 2.45) is 11.3 Å². The van der Waals surface area contributed by atoms with Gasteiger partial charge < -0.3 is 39.9 Å². The number of nitrogen functional groups attached to an aromatic ring is 1. The van der Waals surface area contributed by atoms with Crippen LogP contribution in [-0.2, 0) is 14.8 Å². The monoisotopic (exact) mass is 893 g/mol. The highest BCUT2D eigenvalue weighted by Crippen LogP contribution is 2.55. The van der Waals surface area contributed by atoms with Gasteiger partial charge >= 0.3 is 0 Å². The van der Waals surface area contributed by atoms with Crippen LogP contribution in [0.3, 0.4) is 0 Å². The van der Waals surface area contributed by atoms with Gasteiger partial charge in [0, 0.05) is 62.6 Å². The summed E-state index contributed by atoms with van der Waals surface area (Å²) in [6.07, 6.45) is 11.5. The molecular formula is C48H56FN7O7S. The number of hydrogen-bond acceptors (Lipinski definition) is 12. The maximum Gasteiger partial charge on any atom is 0.268 e. The lowest BCUT2D eigenvalue weighted by Gasteiger charge is -2.56. The third kappa shape index (κ3) is 8.08. The topological polar surface area (TPSA) is 173 Å². The second-order valence-electron chi connectivity index (χ2n) is 18.5. The molecule has 4 fully saturated rings. The number of amides is 1. The summed E-state index contributed by atoms with van der Waals surface area (Å²) in [6.45, 7) is 8.61. The van der Waals surface area contributed by atoms with E-state index < -0.39 is 21.7 Å². The number of H-pyrrole nitrogens is 1.